The highest BCUT2D eigenvalue weighted by molar-refractivity contribution is 5.94. The Morgan fingerprint density at radius 2 is 2.29 bits per heavy atom. The van der Waals surface area contributed by atoms with Gasteiger partial charge in [-0.25, -0.2) is 4.39 Å². The summed E-state index contributed by atoms with van der Waals surface area (Å²) in [6.07, 6.45) is 3.09. The molecule has 1 amide bonds. The van der Waals surface area contributed by atoms with Crippen molar-refractivity contribution < 1.29 is 9.18 Å². The van der Waals surface area contributed by atoms with Crippen LogP contribution >= 0.6 is 0 Å². The maximum atomic E-state index is 13.0. The smallest absolute Gasteiger partial charge is 0.241 e. The predicted molar refractivity (Wildman–Crippen MR) is 65.3 cm³/mol. The van der Waals surface area contributed by atoms with Gasteiger partial charge in [-0.2, -0.15) is 0 Å². The molecule has 0 saturated carbocycles. The van der Waals surface area contributed by atoms with E-state index in [4.69, 9.17) is 0 Å². The highest BCUT2D eigenvalue weighted by atomic mass is 19.1. The summed E-state index contributed by atoms with van der Waals surface area (Å²) in [5.74, 6) is -0.377. The van der Waals surface area contributed by atoms with Gasteiger partial charge in [-0.05, 0) is 44.6 Å². The fourth-order valence-electron chi connectivity index (χ4n) is 2.20. The lowest BCUT2D eigenvalue weighted by atomic mass is 10.0. The van der Waals surface area contributed by atoms with Crippen LogP contribution in [-0.2, 0) is 4.79 Å². The Morgan fingerprint density at radius 3 is 3.00 bits per heavy atom. The molecule has 3 nitrogen and oxygen atoms in total. The number of nitrogens with one attached hydrogen (secondary N) is 1. The third-order valence-electron chi connectivity index (χ3n) is 3.17. The molecular weight excluding hydrogens is 219 g/mol. The van der Waals surface area contributed by atoms with Crippen molar-refractivity contribution in [2.45, 2.75) is 25.3 Å². The second kappa shape index (κ2) is 5.27. The Bertz CT molecular complexity index is 408. The van der Waals surface area contributed by atoms with E-state index in [1.54, 1.807) is 12.1 Å². The molecule has 1 heterocycles. The van der Waals surface area contributed by atoms with Crippen molar-refractivity contribution in [2.75, 3.05) is 18.9 Å². The van der Waals surface area contributed by atoms with Crippen LogP contribution in [0.15, 0.2) is 24.3 Å². The van der Waals surface area contributed by atoms with Gasteiger partial charge in [-0.1, -0.05) is 12.5 Å². The Balaban J connectivity index is 2.01. The first-order valence-corrected chi connectivity index (χ1v) is 5.93. The zero-order valence-corrected chi connectivity index (χ0v) is 9.95. The Hall–Kier alpha value is -1.42. The number of nitrogens with zero attached hydrogens (tertiary/aromatic N) is 1. The van der Waals surface area contributed by atoms with Crippen molar-refractivity contribution in [3.63, 3.8) is 0 Å². The van der Waals surface area contributed by atoms with Gasteiger partial charge in [-0.15, -0.1) is 0 Å². The minimum Gasteiger partial charge on any atom is -0.325 e. The lowest BCUT2D eigenvalue weighted by Gasteiger charge is -2.31. The molecule has 0 aromatic heterocycles. The van der Waals surface area contributed by atoms with E-state index in [1.807, 2.05) is 7.05 Å². The van der Waals surface area contributed by atoms with E-state index in [1.165, 1.54) is 12.1 Å². The van der Waals surface area contributed by atoms with Gasteiger partial charge in [0.2, 0.25) is 5.91 Å². The molecule has 0 aliphatic carbocycles. The number of piperidine rings is 1. The van der Waals surface area contributed by atoms with Gasteiger partial charge < -0.3 is 5.32 Å². The van der Waals surface area contributed by atoms with Gasteiger partial charge in [-0.3, -0.25) is 9.69 Å². The van der Waals surface area contributed by atoms with E-state index in [0.29, 0.717) is 5.69 Å². The average Bonchev–Trinajstić information content (AvgIpc) is 2.29. The number of carbonyl (C=O) groups is 1. The molecule has 1 fully saturated rings. The van der Waals surface area contributed by atoms with Crippen molar-refractivity contribution in [1.82, 2.24) is 4.90 Å². The largest absolute Gasteiger partial charge is 0.325 e. The zero-order chi connectivity index (χ0) is 12.3. The summed E-state index contributed by atoms with van der Waals surface area (Å²) in [5.41, 5.74) is 0.522. The van der Waals surface area contributed by atoms with Crippen LogP contribution in [0, 0.1) is 5.82 Å². The first-order chi connectivity index (χ1) is 8.16. The molecule has 1 aromatic carbocycles. The van der Waals surface area contributed by atoms with Crippen molar-refractivity contribution >= 4 is 11.6 Å². The van der Waals surface area contributed by atoms with Gasteiger partial charge in [0.25, 0.3) is 0 Å². The van der Waals surface area contributed by atoms with Gasteiger partial charge in [0.1, 0.15) is 5.82 Å². The molecule has 4 heteroatoms. The van der Waals surface area contributed by atoms with E-state index < -0.39 is 0 Å². The van der Waals surface area contributed by atoms with E-state index in [9.17, 15) is 9.18 Å². The molecule has 0 bridgehead atoms. The van der Waals surface area contributed by atoms with Crippen LogP contribution in [0.25, 0.3) is 0 Å². The molecule has 2 rings (SSSR count). The van der Waals surface area contributed by atoms with Crippen LogP contribution in [0.3, 0.4) is 0 Å². The van der Waals surface area contributed by atoms with Crippen molar-refractivity contribution in [3.05, 3.63) is 30.1 Å². The molecule has 92 valence electrons. The number of benzene rings is 1. The number of hydrogen-bond acceptors (Lipinski definition) is 2. The second-order valence-electron chi connectivity index (χ2n) is 4.49. The molecule has 1 unspecified atom stereocenters. The minimum atomic E-state index is -0.334. The highest BCUT2D eigenvalue weighted by Gasteiger charge is 2.25. The van der Waals surface area contributed by atoms with E-state index >= 15 is 0 Å². The predicted octanol–water partition coefficient (Wildman–Crippen LogP) is 2.25. The number of likely N-dealkylation sites (tertiary alicyclic amines) is 1. The summed E-state index contributed by atoms with van der Waals surface area (Å²) in [6, 6.07) is 5.90. The maximum Gasteiger partial charge on any atom is 0.241 e. The summed E-state index contributed by atoms with van der Waals surface area (Å²) in [7, 11) is 1.95. The van der Waals surface area contributed by atoms with Gasteiger partial charge in [0.05, 0.1) is 6.04 Å². The van der Waals surface area contributed by atoms with Crippen LogP contribution < -0.4 is 5.32 Å². The first-order valence-electron chi connectivity index (χ1n) is 5.93. The SMILES string of the molecule is CN1CCCCC1C(=O)Nc1cccc(F)c1. The average molecular weight is 236 g/mol. The fourth-order valence-corrected chi connectivity index (χ4v) is 2.20. The molecule has 1 aliphatic rings. The van der Waals surface area contributed by atoms with Crippen LogP contribution in [0.2, 0.25) is 0 Å². The number of anilines is 1. The van der Waals surface area contributed by atoms with Crippen LogP contribution in [0.1, 0.15) is 19.3 Å². The topological polar surface area (TPSA) is 32.3 Å². The van der Waals surface area contributed by atoms with E-state index in [2.05, 4.69) is 10.2 Å². The number of hydrogen-bond donors (Lipinski definition) is 1. The normalized spacial score (nSPS) is 21.2. The maximum absolute atomic E-state index is 13.0. The van der Waals surface area contributed by atoms with Crippen molar-refractivity contribution in [2.24, 2.45) is 0 Å². The third kappa shape index (κ3) is 3.03. The van der Waals surface area contributed by atoms with Crippen LogP contribution in [0.5, 0.6) is 0 Å². The van der Waals surface area contributed by atoms with Crippen LogP contribution in [0.4, 0.5) is 10.1 Å². The van der Waals surface area contributed by atoms with Gasteiger partial charge in [0.15, 0.2) is 0 Å². The molecular formula is C13H17FN2O. The number of carbonyl (C=O) groups excluding carboxylic acids is 1. The molecule has 1 N–H and O–H groups in total. The molecule has 1 aromatic rings. The quantitative estimate of drug-likeness (QED) is 0.854. The number of amides is 1. The standard InChI is InChI=1S/C13H17FN2O/c1-16-8-3-2-7-12(16)13(17)15-11-6-4-5-10(14)9-11/h4-6,9,12H,2-3,7-8H2,1H3,(H,15,17). The highest BCUT2D eigenvalue weighted by Crippen LogP contribution is 2.17. The molecule has 1 atom stereocenters. The Labute approximate surface area is 101 Å². The zero-order valence-electron chi connectivity index (χ0n) is 9.95. The lowest BCUT2D eigenvalue weighted by Crippen LogP contribution is -2.44. The molecule has 17 heavy (non-hydrogen) atoms. The Kier molecular flexibility index (Phi) is 3.74. The summed E-state index contributed by atoms with van der Waals surface area (Å²) in [6.45, 7) is 0.946. The van der Waals surface area contributed by atoms with E-state index in [-0.39, 0.29) is 17.8 Å². The lowest BCUT2D eigenvalue weighted by molar-refractivity contribution is -0.121. The van der Waals surface area contributed by atoms with Crippen molar-refractivity contribution in [1.29, 1.82) is 0 Å². The second-order valence-corrected chi connectivity index (χ2v) is 4.49. The van der Waals surface area contributed by atoms with Gasteiger partial charge >= 0.3 is 0 Å². The van der Waals surface area contributed by atoms with Crippen molar-refractivity contribution in [3.8, 4) is 0 Å². The van der Waals surface area contributed by atoms with Crippen LogP contribution in [-0.4, -0.2) is 30.4 Å². The summed E-state index contributed by atoms with van der Waals surface area (Å²) < 4.78 is 13.0. The summed E-state index contributed by atoms with van der Waals surface area (Å²) in [4.78, 5) is 14.1. The van der Waals surface area contributed by atoms with Gasteiger partial charge in [0, 0.05) is 5.69 Å². The monoisotopic (exact) mass is 236 g/mol. The number of halogens is 1. The molecule has 0 spiro atoms. The minimum absolute atomic E-state index is 0.0437. The Morgan fingerprint density at radius 1 is 1.47 bits per heavy atom. The molecule has 0 radical (unpaired) electrons. The first kappa shape index (κ1) is 12.0. The molecule has 1 aliphatic heterocycles. The van der Waals surface area contributed by atoms with E-state index in [0.717, 1.165) is 25.8 Å². The summed E-state index contributed by atoms with van der Waals surface area (Å²) in [5, 5.41) is 2.76. The summed E-state index contributed by atoms with van der Waals surface area (Å²) >= 11 is 0. The third-order valence-corrected chi connectivity index (χ3v) is 3.17. The number of rotatable bonds is 2. The number of likely N-dealkylation sites (N-methyl/N-ethyl adjacent to an activating group) is 1. The fraction of sp³-hybridized carbons (Fsp3) is 0.462. The molecule has 1 saturated heterocycles.